The van der Waals surface area contributed by atoms with Crippen LogP contribution < -0.4 is 10.6 Å². The van der Waals surface area contributed by atoms with E-state index in [1.54, 1.807) is 13.4 Å². The van der Waals surface area contributed by atoms with Crippen LogP contribution in [-0.4, -0.2) is 40.9 Å². The SMILES string of the molecule is CCc1nncn1CCNC(=NC)NCC(C)(C)c1c(Cl)cccc1Cl. The van der Waals surface area contributed by atoms with Crippen molar-refractivity contribution in [2.24, 2.45) is 4.99 Å². The normalized spacial score (nSPS) is 12.3. The predicted molar refractivity (Wildman–Crippen MR) is 108 cm³/mol. The van der Waals surface area contributed by atoms with Crippen molar-refractivity contribution < 1.29 is 0 Å². The molecule has 0 radical (unpaired) electrons. The van der Waals surface area contributed by atoms with Crippen LogP contribution in [0, 0.1) is 0 Å². The lowest BCUT2D eigenvalue weighted by molar-refractivity contribution is 0.507. The van der Waals surface area contributed by atoms with E-state index in [4.69, 9.17) is 23.2 Å². The fourth-order valence-corrected chi connectivity index (χ4v) is 3.70. The molecule has 1 aromatic heterocycles. The molecule has 0 atom stereocenters. The number of aliphatic imine (C=N–C) groups is 1. The molecule has 2 aromatic rings. The molecule has 8 heteroatoms. The molecule has 0 amide bonds. The number of nitrogens with zero attached hydrogens (tertiary/aromatic N) is 4. The van der Waals surface area contributed by atoms with Crippen LogP contribution in [0.25, 0.3) is 0 Å². The summed E-state index contributed by atoms with van der Waals surface area (Å²) in [4.78, 5) is 4.28. The number of guanidine groups is 1. The molecule has 2 N–H and O–H groups in total. The Balaban J connectivity index is 1.92. The van der Waals surface area contributed by atoms with E-state index in [2.05, 4.69) is 46.6 Å². The second-order valence-electron chi connectivity index (χ2n) is 6.63. The smallest absolute Gasteiger partial charge is 0.191 e. The number of rotatable bonds is 7. The maximum atomic E-state index is 6.36. The molecule has 142 valence electrons. The van der Waals surface area contributed by atoms with Gasteiger partial charge in [-0.1, -0.05) is 50.0 Å². The van der Waals surface area contributed by atoms with Gasteiger partial charge in [-0.3, -0.25) is 4.99 Å². The van der Waals surface area contributed by atoms with Gasteiger partial charge >= 0.3 is 0 Å². The van der Waals surface area contributed by atoms with E-state index in [-0.39, 0.29) is 5.41 Å². The average Bonchev–Trinajstić information content (AvgIpc) is 3.05. The molecule has 0 aliphatic heterocycles. The molecule has 0 aliphatic rings. The third-order valence-electron chi connectivity index (χ3n) is 4.22. The number of benzene rings is 1. The van der Waals surface area contributed by atoms with Gasteiger partial charge in [0.25, 0.3) is 0 Å². The molecule has 1 aromatic carbocycles. The van der Waals surface area contributed by atoms with E-state index in [0.717, 1.165) is 36.9 Å². The molecule has 6 nitrogen and oxygen atoms in total. The summed E-state index contributed by atoms with van der Waals surface area (Å²) in [6, 6.07) is 5.58. The molecule has 1 heterocycles. The van der Waals surface area contributed by atoms with Crippen LogP contribution in [0.4, 0.5) is 0 Å². The van der Waals surface area contributed by atoms with Crippen molar-refractivity contribution >= 4 is 29.2 Å². The van der Waals surface area contributed by atoms with Crippen LogP contribution >= 0.6 is 23.2 Å². The Bertz CT molecular complexity index is 734. The van der Waals surface area contributed by atoms with Crippen molar-refractivity contribution in [2.45, 2.75) is 39.2 Å². The van der Waals surface area contributed by atoms with Crippen molar-refractivity contribution in [1.29, 1.82) is 0 Å². The van der Waals surface area contributed by atoms with Crippen LogP contribution in [0.5, 0.6) is 0 Å². The fraction of sp³-hybridized carbons (Fsp3) is 0.500. The first-order chi connectivity index (χ1) is 12.4. The third-order valence-corrected chi connectivity index (χ3v) is 4.85. The molecule has 0 saturated carbocycles. The highest BCUT2D eigenvalue weighted by Gasteiger charge is 2.26. The summed E-state index contributed by atoms with van der Waals surface area (Å²) in [6.45, 7) is 8.41. The first kappa shape index (κ1) is 20.5. The molecule has 0 unspecified atom stereocenters. The molecular formula is C18H26Cl2N6. The highest BCUT2D eigenvalue weighted by molar-refractivity contribution is 6.36. The van der Waals surface area contributed by atoms with Crippen molar-refractivity contribution in [1.82, 2.24) is 25.4 Å². The molecule has 0 saturated heterocycles. The molecule has 2 rings (SSSR count). The Hall–Kier alpha value is -1.79. The predicted octanol–water partition coefficient (Wildman–Crippen LogP) is 3.29. The van der Waals surface area contributed by atoms with Crippen molar-refractivity contribution in [3.05, 3.63) is 46.0 Å². The van der Waals surface area contributed by atoms with Gasteiger partial charge < -0.3 is 15.2 Å². The first-order valence-electron chi connectivity index (χ1n) is 8.64. The highest BCUT2D eigenvalue weighted by Crippen LogP contribution is 2.35. The van der Waals surface area contributed by atoms with Crippen LogP contribution in [0.3, 0.4) is 0 Å². The second-order valence-corrected chi connectivity index (χ2v) is 7.44. The van der Waals surface area contributed by atoms with Crippen molar-refractivity contribution in [3.8, 4) is 0 Å². The number of halogens is 2. The zero-order valence-electron chi connectivity index (χ0n) is 15.7. The second kappa shape index (κ2) is 9.24. The summed E-state index contributed by atoms with van der Waals surface area (Å²) in [5.41, 5.74) is 0.680. The van der Waals surface area contributed by atoms with Gasteiger partial charge in [-0.05, 0) is 17.7 Å². The maximum Gasteiger partial charge on any atom is 0.191 e. The summed E-state index contributed by atoms with van der Waals surface area (Å²) in [5, 5.41) is 16.0. The molecule has 0 spiro atoms. The lowest BCUT2D eigenvalue weighted by Crippen LogP contribution is -2.44. The largest absolute Gasteiger partial charge is 0.356 e. The van der Waals surface area contributed by atoms with Crippen LogP contribution in [0.2, 0.25) is 10.0 Å². The minimum absolute atomic E-state index is 0.253. The average molecular weight is 397 g/mol. The Labute approximate surface area is 165 Å². The minimum Gasteiger partial charge on any atom is -0.356 e. The molecule has 0 aliphatic carbocycles. The van der Waals surface area contributed by atoms with Gasteiger partial charge in [0, 0.05) is 48.6 Å². The zero-order chi connectivity index (χ0) is 19.2. The number of nitrogens with one attached hydrogen (secondary N) is 2. The van der Waals surface area contributed by atoms with E-state index < -0.39 is 0 Å². The Kier molecular flexibility index (Phi) is 7.29. The summed E-state index contributed by atoms with van der Waals surface area (Å²) >= 11 is 12.7. The van der Waals surface area contributed by atoms with Gasteiger partial charge in [0.15, 0.2) is 5.96 Å². The number of hydrogen-bond donors (Lipinski definition) is 2. The minimum atomic E-state index is -0.253. The molecule has 26 heavy (non-hydrogen) atoms. The van der Waals surface area contributed by atoms with Crippen molar-refractivity contribution in [3.63, 3.8) is 0 Å². The monoisotopic (exact) mass is 396 g/mol. The fourth-order valence-electron chi connectivity index (χ4n) is 2.79. The molecule has 0 fully saturated rings. The third kappa shape index (κ3) is 5.11. The summed E-state index contributed by atoms with van der Waals surface area (Å²) in [5.74, 6) is 1.71. The van der Waals surface area contributed by atoms with Gasteiger partial charge in [-0.2, -0.15) is 0 Å². The van der Waals surface area contributed by atoms with E-state index in [1.165, 1.54) is 0 Å². The summed E-state index contributed by atoms with van der Waals surface area (Å²) in [6.07, 6.45) is 2.61. The standard InChI is InChI=1S/C18H26Cl2N6/c1-5-15-25-24-12-26(15)10-9-22-17(21-4)23-11-18(2,3)16-13(19)7-6-8-14(16)20/h6-8,12H,5,9-11H2,1-4H3,(H2,21,22,23). The maximum absolute atomic E-state index is 6.36. The Morgan fingerprint density at radius 1 is 1.23 bits per heavy atom. The van der Waals surface area contributed by atoms with Crippen LogP contribution in [0.15, 0.2) is 29.5 Å². The Morgan fingerprint density at radius 3 is 2.54 bits per heavy atom. The van der Waals surface area contributed by atoms with Gasteiger partial charge in [-0.15, -0.1) is 10.2 Å². The van der Waals surface area contributed by atoms with E-state index in [9.17, 15) is 0 Å². The van der Waals surface area contributed by atoms with Crippen LogP contribution in [0.1, 0.15) is 32.2 Å². The van der Waals surface area contributed by atoms with Gasteiger partial charge in [0.2, 0.25) is 0 Å². The number of aromatic nitrogens is 3. The highest BCUT2D eigenvalue weighted by atomic mass is 35.5. The zero-order valence-corrected chi connectivity index (χ0v) is 17.2. The lowest BCUT2D eigenvalue weighted by Gasteiger charge is -2.28. The van der Waals surface area contributed by atoms with E-state index in [0.29, 0.717) is 16.6 Å². The topological polar surface area (TPSA) is 67.1 Å². The van der Waals surface area contributed by atoms with Crippen LogP contribution in [-0.2, 0) is 18.4 Å². The first-order valence-corrected chi connectivity index (χ1v) is 9.40. The number of hydrogen-bond acceptors (Lipinski definition) is 3. The Morgan fingerprint density at radius 2 is 1.92 bits per heavy atom. The lowest BCUT2D eigenvalue weighted by atomic mass is 9.84. The summed E-state index contributed by atoms with van der Waals surface area (Å²) < 4.78 is 2.04. The number of aryl methyl sites for hydroxylation is 1. The molecule has 0 bridgehead atoms. The van der Waals surface area contributed by atoms with E-state index >= 15 is 0 Å². The quantitative estimate of drug-likeness (QED) is 0.556. The van der Waals surface area contributed by atoms with Gasteiger partial charge in [-0.25, -0.2) is 0 Å². The molecular weight excluding hydrogens is 371 g/mol. The summed E-state index contributed by atoms with van der Waals surface area (Å²) in [7, 11) is 1.75. The van der Waals surface area contributed by atoms with Gasteiger partial charge in [0.05, 0.1) is 0 Å². The van der Waals surface area contributed by atoms with Gasteiger partial charge in [0.1, 0.15) is 12.2 Å². The van der Waals surface area contributed by atoms with E-state index in [1.807, 2.05) is 22.8 Å². The van der Waals surface area contributed by atoms with Crippen molar-refractivity contribution in [2.75, 3.05) is 20.1 Å².